The maximum absolute atomic E-state index is 12.2. The first kappa shape index (κ1) is 18.1. The van der Waals surface area contributed by atoms with Crippen LogP contribution in [0.2, 0.25) is 0 Å². The Hall–Kier alpha value is -2.26. The number of ether oxygens (including phenoxy) is 1. The zero-order chi connectivity index (χ0) is 19.0. The number of nitrogens with one attached hydrogen (secondary N) is 1. The molecule has 146 valence electrons. The molecule has 0 radical (unpaired) electrons. The van der Waals surface area contributed by atoms with Gasteiger partial charge in [-0.15, -0.1) is 5.10 Å². The molecule has 0 bridgehead atoms. The molecule has 3 atom stereocenters. The van der Waals surface area contributed by atoms with Crippen molar-refractivity contribution in [2.45, 2.75) is 69.7 Å². The van der Waals surface area contributed by atoms with E-state index in [1.54, 1.807) is 11.6 Å². The Labute approximate surface area is 156 Å². The van der Waals surface area contributed by atoms with Gasteiger partial charge in [-0.25, -0.2) is 9.48 Å². The topological polar surface area (TPSA) is 115 Å². The van der Waals surface area contributed by atoms with Gasteiger partial charge in [-0.2, -0.15) is 0 Å². The summed E-state index contributed by atoms with van der Waals surface area (Å²) in [6.07, 6.45) is 8.85. The predicted octanol–water partition coefficient (Wildman–Crippen LogP) is 1.01. The molecule has 3 heterocycles. The summed E-state index contributed by atoms with van der Waals surface area (Å²) in [5, 5.41) is 18.4. The number of aromatic amines is 1. The highest BCUT2D eigenvalue weighted by Gasteiger charge is 2.38. The first-order chi connectivity index (χ1) is 13.1. The fourth-order valence-corrected chi connectivity index (χ4v) is 4.17. The van der Waals surface area contributed by atoms with Crippen molar-refractivity contribution in [3.63, 3.8) is 0 Å². The van der Waals surface area contributed by atoms with Crippen molar-refractivity contribution in [3.8, 4) is 0 Å². The van der Waals surface area contributed by atoms with Gasteiger partial charge in [0.1, 0.15) is 12.3 Å². The van der Waals surface area contributed by atoms with Crippen LogP contribution in [0.5, 0.6) is 0 Å². The molecule has 1 aliphatic carbocycles. The lowest BCUT2D eigenvalue weighted by Gasteiger charge is -2.19. The number of aromatic nitrogens is 5. The van der Waals surface area contributed by atoms with Crippen molar-refractivity contribution >= 4 is 0 Å². The Kier molecular flexibility index (Phi) is 4.96. The van der Waals surface area contributed by atoms with Crippen LogP contribution < -0.4 is 11.2 Å². The first-order valence-electron chi connectivity index (χ1n) is 9.57. The van der Waals surface area contributed by atoms with Crippen molar-refractivity contribution in [2.75, 3.05) is 6.61 Å². The van der Waals surface area contributed by atoms with Crippen molar-refractivity contribution in [2.24, 2.45) is 0 Å². The predicted molar refractivity (Wildman–Crippen MR) is 96.6 cm³/mol. The van der Waals surface area contributed by atoms with Gasteiger partial charge in [-0.3, -0.25) is 14.3 Å². The summed E-state index contributed by atoms with van der Waals surface area (Å²) in [6, 6.07) is -0.219. The van der Waals surface area contributed by atoms with E-state index in [0.29, 0.717) is 17.9 Å². The van der Waals surface area contributed by atoms with Gasteiger partial charge in [-0.1, -0.05) is 24.5 Å². The quantitative estimate of drug-likeness (QED) is 0.824. The van der Waals surface area contributed by atoms with Crippen LogP contribution >= 0.6 is 0 Å². The van der Waals surface area contributed by atoms with E-state index in [1.165, 1.54) is 30.0 Å². The molecule has 1 saturated carbocycles. The van der Waals surface area contributed by atoms with Crippen LogP contribution in [0.25, 0.3) is 0 Å². The maximum Gasteiger partial charge on any atom is 0.330 e. The zero-order valence-electron chi connectivity index (χ0n) is 15.4. The third-order valence-electron chi connectivity index (χ3n) is 5.73. The number of hydrogen-bond acceptors (Lipinski definition) is 6. The Morgan fingerprint density at radius 1 is 1.26 bits per heavy atom. The molecule has 2 aromatic heterocycles. The van der Waals surface area contributed by atoms with Gasteiger partial charge in [0.25, 0.3) is 5.56 Å². The second-order valence-electron chi connectivity index (χ2n) is 7.55. The van der Waals surface area contributed by atoms with Crippen LogP contribution in [0.4, 0.5) is 0 Å². The van der Waals surface area contributed by atoms with E-state index in [4.69, 9.17) is 4.74 Å². The standard InChI is InChI=1S/C18H25N5O4/c1-11-8-22(18(26)19-17(11)25)16-7-14(15(10-24)27-16)23-9-13(20-21-23)12-5-3-2-4-6-12/h8-9,12,14-16,24H,2-7,10H2,1H3,(H,19,25,26)/t14-,15+,16+/m0/s1. The molecule has 0 aromatic carbocycles. The Morgan fingerprint density at radius 2 is 2.04 bits per heavy atom. The molecule has 2 aromatic rings. The monoisotopic (exact) mass is 375 g/mol. The third kappa shape index (κ3) is 3.49. The molecular weight excluding hydrogens is 350 g/mol. The van der Waals surface area contributed by atoms with Crippen molar-refractivity contribution in [1.82, 2.24) is 24.5 Å². The molecule has 9 heteroatoms. The van der Waals surface area contributed by atoms with Gasteiger partial charge in [-0.05, 0) is 19.8 Å². The molecule has 0 spiro atoms. The minimum Gasteiger partial charge on any atom is -0.394 e. The van der Waals surface area contributed by atoms with Crippen molar-refractivity contribution < 1.29 is 9.84 Å². The van der Waals surface area contributed by atoms with E-state index in [0.717, 1.165) is 18.5 Å². The van der Waals surface area contributed by atoms with Gasteiger partial charge in [0.05, 0.1) is 18.3 Å². The molecule has 2 fully saturated rings. The molecule has 2 aliphatic rings. The maximum atomic E-state index is 12.2. The van der Waals surface area contributed by atoms with Crippen LogP contribution in [-0.2, 0) is 4.74 Å². The van der Waals surface area contributed by atoms with E-state index < -0.39 is 23.6 Å². The van der Waals surface area contributed by atoms with Gasteiger partial charge in [0, 0.05) is 30.3 Å². The van der Waals surface area contributed by atoms with Crippen LogP contribution in [0, 0.1) is 6.92 Å². The zero-order valence-corrected chi connectivity index (χ0v) is 15.4. The Morgan fingerprint density at radius 3 is 2.78 bits per heavy atom. The van der Waals surface area contributed by atoms with E-state index in [9.17, 15) is 14.7 Å². The summed E-state index contributed by atoms with van der Waals surface area (Å²) in [5.74, 6) is 0.447. The van der Waals surface area contributed by atoms with Crippen LogP contribution in [0.15, 0.2) is 22.0 Å². The number of aliphatic hydroxyl groups excluding tert-OH is 1. The number of nitrogens with zero attached hydrogens (tertiary/aromatic N) is 4. The SMILES string of the molecule is Cc1cn([C@H]2C[C@H](n3cc(C4CCCCC4)nn3)[C@@H](CO)O2)c(=O)[nH]c1=O. The molecule has 27 heavy (non-hydrogen) atoms. The van der Waals surface area contributed by atoms with Gasteiger partial charge in [0.2, 0.25) is 0 Å². The van der Waals surface area contributed by atoms with Crippen molar-refractivity contribution in [1.29, 1.82) is 0 Å². The minimum atomic E-state index is -0.572. The summed E-state index contributed by atoms with van der Waals surface area (Å²) >= 11 is 0. The number of aliphatic hydroxyl groups is 1. The smallest absolute Gasteiger partial charge is 0.330 e. The summed E-state index contributed by atoms with van der Waals surface area (Å²) in [6.45, 7) is 1.45. The molecule has 9 nitrogen and oxygen atoms in total. The fourth-order valence-electron chi connectivity index (χ4n) is 4.17. The first-order valence-corrected chi connectivity index (χ1v) is 9.57. The highest BCUT2D eigenvalue weighted by molar-refractivity contribution is 5.05. The molecule has 1 aliphatic heterocycles. The Bertz CT molecular complexity index is 911. The van der Waals surface area contributed by atoms with Crippen LogP contribution in [0.1, 0.15) is 68.0 Å². The fraction of sp³-hybridized carbons (Fsp3) is 0.667. The molecule has 0 amide bonds. The lowest BCUT2D eigenvalue weighted by molar-refractivity contribution is -0.0323. The average molecular weight is 375 g/mol. The summed E-state index contributed by atoms with van der Waals surface area (Å²) in [7, 11) is 0. The van der Waals surface area contributed by atoms with Crippen LogP contribution in [0.3, 0.4) is 0 Å². The number of hydrogen-bond donors (Lipinski definition) is 2. The third-order valence-corrected chi connectivity index (χ3v) is 5.73. The number of H-pyrrole nitrogens is 1. The molecule has 4 rings (SSSR count). The lowest BCUT2D eigenvalue weighted by Crippen LogP contribution is -2.33. The van der Waals surface area contributed by atoms with Crippen LogP contribution in [-0.4, -0.2) is 42.4 Å². The molecule has 1 saturated heterocycles. The lowest BCUT2D eigenvalue weighted by atomic mass is 9.87. The largest absolute Gasteiger partial charge is 0.394 e. The van der Waals surface area contributed by atoms with Crippen molar-refractivity contribution in [3.05, 3.63) is 44.5 Å². The second kappa shape index (κ2) is 7.40. The normalized spacial score (nSPS) is 26.5. The minimum absolute atomic E-state index is 0.184. The highest BCUT2D eigenvalue weighted by Crippen LogP contribution is 2.37. The van der Waals surface area contributed by atoms with E-state index in [1.807, 2.05) is 6.20 Å². The van der Waals surface area contributed by atoms with Gasteiger partial charge in [0.15, 0.2) is 0 Å². The van der Waals surface area contributed by atoms with E-state index >= 15 is 0 Å². The highest BCUT2D eigenvalue weighted by atomic mass is 16.5. The van der Waals surface area contributed by atoms with Gasteiger partial charge < -0.3 is 9.84 Å². The number of aryl methyl sites for hydroxylation is 1. The number of rotatable bonds is 4. The average Bonchev–Trinajstić information content (AvgIpc) is 3.32. The molecule has 2 N–H and O–H groups in total. The summed E-state index contributed by atoms with van der Waals surface area (Å²) in [5.41, 5.74) is 0.502. The molecular formula is C18H25N5O4. The summed E-state index contributed by atoms with van der Waals surface area (Å²) in [4.78, 5) is 26.0. The summed E-state index contributed by atoms with van der Waals surface area (Å²) < 4.78 is 9.03. The van der Waals surface area contributed by atoms with Gasteiger partial charge >= 0.3 is 5.69 Å². The Balaban J connectivity index is 1.57. The van der Waals surface area contributed by atoms with E-state index in [-0.39, 0.29) is 12.6 Å². The second-order valence-corrected chi connectivity index (χ2v) is 7.55. The molecule has 0 unspecified atom stereocenters. The van der Waals surface area contributed by atoms with E-state index in [2.05, 4.69) is 15.3 Å².